The molecule has 2 aromatic carbocycles. The number of nitrogens with zero attached hydrogens (tertiary/aromatic N) is 1. The number of carbonyl (C=O) groups is 3. The zero-order chi connectivity index (χ0) is 26.5. The summed E-state index contributed by atoms with van der Waals surface area (Å²) in [6, 6.07) is 11.4. The van der Waals surface area contributed by atoms with Gasteiger partial charge in [-0.15, -0.1) is 0 Å². The van der Waals surface area contributed by atoms with Crippen molar-refractivity contribution in [3.8, 4) is 28.5 Å². The van der Waals surface area contributed by atoms with Gasteiger partial charge in [0.25, 0.3) is 5.91 Å². The van der Waals surface area contributed by atoms with Crippen molar-refractivity contribution in [2.75, 3.05) is 27.9 Å². The largest absolute Gasteiger partial charge is 0.493 e. The Labute approximate surface area is 208 Å². The average molecular weight is 496 g/mol. The zero-order valence-corrected chi connectivity index (χ0v) is 21.1. The number of aromatic nitrogens is 1. The number of hydrogen-bond donors (Lipinski definition) is 2. The average Bonchev–Trinajstić information content (AvgIpc) is 2.84. The van der Waals surface area contributed by atoms with Crippen molar-refractivity contribution in [3.63, 3.8) is 0 Å². The maximum Gasteiger partial charge on any atom is 0.339 e. The quantitative estimate of drug-likeness (QED) is 0.475. The summed E-state index contributed by atoms with van der Waals surface area (Å²) in [4.78, 5) is 41.7. The zero-order valence-electron chi connectivity index (χ0n) is 21.1. The Hall–Kier alpha value is -4.34. The third-order valence-electron chi connectivity index (χ3n) is 4.97. The predicted molar refractivity (Wildman–Crippen MR) is 134 cm³/mol. The van der Waals surface area contributed by atoms with Crippen LogP contribution in [0.25, 0.3) is 22.2 Å². The van der Waals surface area contributed by atoms with Crippen molar-refractivity contribution < 1.29 is 33.3 Å². The molecule has 3 amide bonds. The number of fused-ring (bicyclic) bond motifs is 1. The first-order valence-electron chi connectivity index (χ1n) is 11.1. The summed E-state index contributed by atoms with van der Waals surface area (Å²) in [6.45, 7) is 4.69. The van der Waals surface area contributed by atoms with E-state index in [-0.39, 0.29) is 5.56 Å². The van der Waals surface area contributed by atoms with E-state index in [9.17, 15) is 14.4 Å². The molecule has 0 radical (unpaired) electrons. The molecule has 36 heavy (non-hydrogen) atoms. The van der Waals surface area contributed by atoms with Crippen LogP contribution in [0.4, 0.5) is 4.79 Å². The number of esters is 1. The molecular weight excluding hydrogens is 466 g/mol. The molecule has 10 heteroatoms. The Morgan fingerprint density at radius 3 is 2.14 bits per heavy atom. The summed E-state index contributed by atoms with van der Waals surface area (Å²) < 4.78 is 21.5. The van der Waals surface area contributed by atoms with Crippen molar-refractivity contribution in [1.82, 2.24) is 15.6 Å². The van der Waals surface area contributed by atoms with Crippen molar-refractivity contribution in [2.24, 2.45) is 0 Å². The van der Waals surface area contributed by atoms with Crippen molar-refractivity contribution >= 4 is 28.8 Å². The number of ether oxygens (including phenoxy) is 4. The van der Waals surface area contributed by atoms with Crippen LogP contribution in [0.2, 0.25) is 0 Å². The first-order valence-corrected chi connectivity index (χ1v) is 11.1. The number of methoxy groups -OCH3 is 3. The fraction of sp³-hybridized carbons (Fsp3) is 0.308. The van der Waals surface area contributed by atoms with E-state index in [1.807, 2.05) is 0 Å². The molecule has 0 aliphatic heterocycles. The standard InChI is InChI=1S/C26H29N3O7/c1-26(2,3)29-25(32)28-22(30)14-36-24(31)17-13-19(27-18-10-8-7-9-16(17)18)15-11-20(33-4)23(35-6)21(12-15)34-5/h7-13H,14H2,1-6H3,(H2,28,29,30,32). The van der Waals surface area contributed by atoms with Crippen molar-refractivity contribution in [3.05, 3.63) is 48.0 Å². The first kappa shape index (κ1) is 26.3. The number of imide groups is 1. The number of amides is 3. The molecule has 0 unspecified atom stereocenters. The molecule has 3 aromatic rings. The molecule has 190 valence electrons. The molecule has 1 aromatic heterocycles. The summed E-state index contributed by atoms with van der Waals surface area (Å²) in [5.41, 5.74) is 1.29. The summed E-state index contributed by atoms with van der Waals surface area (Å²) in [6.07, 6.45) is 0. The second-order valence-electron chi connectivity index (χ2n) is 8.81. The van der Waals surface area contributed by atoms with Gasteiger partial charge in [-0.3, -0.25) is 10.1 Å². The molecule has 0 bridgehead atoms. The Kier molecular flexibility index (Phi) is 7.98. The maximum absolute atomic E-state index is 13.0. The molecule has 0 aliphatic rings. The molecule has 2 N–H and O–H groups in total. The van der Waals surface area contributed by atoms with Crippen LogP contribution in [0.1, 0.15) is 31.1 Å². The molecular formula is C26H29N3O7. The lowest BCUT2D eigenvalue weighted by atomic mass is 10.0. The highest BCUT2D eigenvalue weighted by atomic mass is 16.5. The van der Waals surface area contributed by atoms with Crippen molar-refractivity contribution in [2.45, 2.75) is 26.3 Å². The predicted octanol–water partition coefficient (Wildman–Crippen LogP) is 3.71. The van der Waals surface area contributed by atoms with Crippen LogP contribution < -0.4 is 24.8 Å². The number of urea groups is 1. The molecule has 10 nitrogen and oxygen atoms in total. The van der Waals surface area contributed by atoms with Crippen molar-refractivity contribution in [1.29, 1.82) is 0 Å². The highest BCUT2D eigenvalue weighted by molar-refractivity contribution is 6.05. The van der Waals surface area contributed by atoms with Gasteiger partial charge in [0.2, 0.25) is 5.75 Å². The molecule has 0 fully saturated rings. The SMILES string of the molecule is COc1cc(-c2cc(C(=O)OCC(=O)NC(=O)NC(C)(C)C)c3ccccc3n2)cc(OC)c1OC. The molecule has 0 saturated heterocycles. The Bertz CT molecular complexity index is 1270. The number of hydrogen-bond acceptors (Lipinski definition) is 8. The summed E-state index contributed by atoms with van der Waals surface area (Å²) in [5.74, 6) is -0.222. The van der Waals surface area contributed by atoms with E-state index in [1.165, 1.54) is 21.3 Å². The van der Waals surface area contributed by atoms with Crippen LogP contribution in [0.5, 0.6) is 17.2 Å². The minimum Gasteiger partial charge on any atom is -0.493 e. The number of nitrogens with one attached hydrogen (secondary N) is 2. The van der Waals surface area contributed by atoms with Gasteiger partial charge in [0.1, 0.15) is 0 Å². The maximum atomic E-state index is 13.0. The number of pyridine rings is 1. The Balaban J connectivity index is 1.92. The summed E-state index contributed by atoms with van der Waals surface area (Å²) in [7, 11) is 4.51. The van der Waals surface area contributed by atoms with Gasteiger partial charge in [0.15, 0.2) is 18.1 Å². The van der Waals surface area contributed by atoms with E-state index in [0.29, 0.717) is 39.4 Å². The summed E-state index contributed by atoms with van der Waals surface area (Å²) >= 11 is 0. The normalized spacial score (nSPS) is 10.9. The number of carbonyl (C=O) groups excluding carboxylic acids is 3. The van der Waals surface area contributed by atoms with Crippen LogP contribution in [0.15, 0.2) is 42.5 Å². The molecule has 1 heterocycles. The third kappa shape index (κ3) is 6.21. The van der Waals surface area contributed by atoms with E-state index in [4.69, 9.17) is 18.9 Å². The van der Waals surface area contributed by atoms with Gasteiger partial charge < -0.3 is 24.3 Å². The van der Waals surface area contributed by atoms with Gasteiger partial charge >= 0.3 is 12.0 Å². The lowest BCUT2D eigenvalue weighted by Gasteiger charge is -2.20. The lowest BCUT2D eigenvalue weighted by Crippen LogP contribution is -2.49. The topological polar surface area (TPSA) is 125 Å². The third-order valence-corrected chi connectivity index (χ3v) is 4.97. The van der Waals surface area contributed by atoms with Gasteiger partial charge in [-0.2, -0.15) is 0 Å². The highest BCUT2D eigenvalue weighted by Gasteiger charge is 2.21. The van der Waals surface area contributed by atoms with E-state index in [0.717, 1.165) is 0 Å². The molecule has 3 rings (SSSR count). The molecule has 0 atom stereocenters. The molecule has 0 spiro atoms. The molecule has 0 aliphatic carbocycles. The van der Waals surface area contributed by atoms with Crippen LogP contribution in [0.3, 0.4) is 0 Å². The van der Waals surface area contributed by atoms with E-state index in [2.05, 4.69) is 15.6 Å². The minimum atomic E-state index is -0.756. The fourth-order valence-corrected chi connectivity index (χ4v) is 3.46. The van der Waals surface area contributed by atoms with E-state index >= 15 is 0 Å². The highest BCUT2D eigenvalue weighted by Crippen LogP contribution is 2.41. The number of benzene rings is 2. The second kappa shape index (κ2) is 10.9. The summed E-state index contributed by atoms with van der Waals surface area (Å²) in [5, 5.41) is 5.28. The Morgan fingerprint density at radius 1 is 0.917 bits per heavy atom. The van der Waals surface area contributed by atoms with Crippen LogP contribution >= 0.6 is 0 Å². The Morgan fingerprint density at radius 2 is 1.56 bits per heavy atom. The van der Waals surface area contributed by atoms with Gasteiger partial charge in [0.05, 0.1) is 38.1 Å². The van der Waals surface area contributed by atoms with Crippen LogP contribution in [-0.2, 0) is 9.53 Å². The monoisotopic (exact) mass is 495 g/mol. The van der Waals surface area contributed by atoms with Gasteiger partial charge in [0, 0.05) is 16.5 Å². The second-order valence-corrected chi connectivity index (χ2v) is 8.81. The van der Waals surface area contributed by atoms with Gasteiger partial charge in [-0.05, 0) is 45.0 Å². The first-order chi connectivity index (χ1) is 17.1. The van der Waals surface area contributed by atoms with E-state index in [1.54, 1.807) is 63.2 Å². The minimum absolute atomic E-state index is 0.205. The van der Waals surface area contributed by atoms with Gasteiger partial charge in [-0.25, -0.2) is 14.6 Å². The van der Waals surface area contributed by atoms with Crippen LogP contribution in [-0.4, -0.2) is 56.4 Å². The number of rotatable bonds is 7. The van der Waals surface area contributed by atoms with E-state index < -0.39 is 30.1 Å². The van der Waals surface area contributed by atoms with Crippen LogP contribution in [0, 0.1) is 0 Å². The van der Waals surface area contributed by atoms with Gasteiger partial charge in [-0.1, -0.05) is 18.2 Å². The molecule has 0 saturated carbocycles. The lowest BCUT2D eigenvalue weighted by molar-refractivity contribution is -0.123. The number of para-hydroxylation sites is 1. The fourth-order valence-electron chi connectivity index (χ4n) is 3.46. The smallest absolute Gasteiger partial charge is 0.339 e.